The van der Waals surface area contributed by atoms with E-state index in [4.69, 9.17) is 0 Å². The molecule has 0 atom stereocenters. The van der Waals surface area contributed by atoms with Gasteiger partial charge in [0.25, 0.3) is 0 Å². The molecule has 0 N–H and O–H groups in total. The lowest BCUT2D eigenvalue weighted by molar-refractivity contribution is -0.137. The van der Waals surface area contributed by atoms with Gasteiger partial charge < -0.3 is 9.80 Å². The smallest absolute Gasteiger partial charge is 0.339 e. The summed E-state index contributed by atoms with van der Waals surface area (Å²) in [6, 6.07) is 12.9. The number of alkyl halides is 3. The van der Waals surface area contributed by atoms with Gasteiger partial charge in [0.2, 0.25) is 5.91 Å². The van der Waals surface area contributed by atoms with Gasteiger partial charge in [-0.25, -0.2) is 0 Å². The molecule has 1 aliphatic rings. The summed E-state index contributed by atoms with van der Waals surface area (Å²) in [5.41, 5.74) is 0.522. The molecule has 0 unspecified atom stereocenters. The summed E-state index contributed by atoms with van der Waals surface area (Å²) in [5, 5.41) is 0. The number of carbonyl (C=O) groups is 1. The van der Waals surface area contributed by atoms with Gasteiger partial charge in [-0.1, -0.05) is 30.3 Å². The van der Waals surface area contributed by atoms with Gasteiger partial charge in [-0.05, 0) is 36.4 Å². The first kappa shape index (κ1) is 19.8. The normalized spacial score (nSPS) is 15.8. The second-order valence-electron chi connectivity index (χ2n) is 6.58. The summed E-state index contributed by atoms with van der Waals surface area (Å²) < 4.78 is 39.9. The summed E-state index contributed by atoms with van der Waals surface area (Å²) >= 11 is 1.16. The van der Waals surface area contributed by atoms with Crippen LogP contribution >= 0.6 is 11.8 Å². The van der Waals surface area contributed by atoms with Gasteiger partial charge in [0.1, 0.15) is 0 Å². The molecule has 0 aliphatic carbocycles. The Morgan fingerprint density at radius 2 is 1.67 bits per heavy atom. The number of likely N-dealkylation sites (N-methyl/N-ethyl adjacent to an activating group) is 1. The Kier molecular flexibility index (Phi) is 6.11. The molecule has 1 fully saturated rings. The van der Waals surface area contributed by atoms with Gasteiger partial charge in [0, 0.05) is 31.1 Å². The van der Waals surface area contributed by atoms with E-state index in [0.29, 0.717) is 23.5 Å². The highest BCUT2D eigenvalue weighted by Crippen LogP contribution is 2.36. The number of thioether (sulfide) groups is 1. The fourth-order valence-electron chi connectivity index (χ4n) is 2.94. The van der Waals surface area contributed by atoms with Crippen LogP contribution in [0.2, 0.25) is 0 Å². The Hall–Kier alpha value is -1.99. The van der Waals surface area contributed by atoms with E-state index in [1.807, 2.05) is 13.1 Å². The number of hydrogen-bond acceptors (Lipinski definition) is 3. The number of rotatable bonds is 4. The molecule has 3 rings (SSSR count). The minimum atomic E-state index is -4.43. The molecule has 0 radical (unpaired) electrons. The third-order valence-electron chi connectivity index (χ3n) is 4.56. The van der Waals surface area contributed by atoms with Crippen LogP contribution in [-0.2, 0) is 11.0 Å². The van der Waals surface area contributed by atoms with Crippen LogP contribution in [0.25, 0.3) is 11.1 Å². The van der Waals surface area contributed by atoms with E-state index in [-0.39, 0.29) is 11.7 Å². The van der Waals surface area contributed by atoms with E-state index >= 15 is 0 Å². The number of amides is 1. The highest BCUT2D eigenvalue weighted by atomic mass is 32.2. The Morgan fingerprint density at radius 3 is 2.30 bits per heavy atom. The fourth-order valence-corrected chi connectivity index (χ4v) is 3.83. The van der Waals surface area contributed by atoms with Crippen molar-refractivity contribution in [3.63, 3.8) is 0 Å². The number of benzene rings is 2. The second-order valence-corrected chi connectivity index (χ2v) is 7.63. The van der Waals surface area contributed by atoms with E-state index < -0.39 is 11.7 Å². The topological polar surface area (TPSA) is 23.6 Å². The van der Waals surface area contributed by atoms with Crippen LogP contribution in [0.4, 0.5) is 13.2 Å². The van der Waals surface area contributed by atoms with E-state index in [9.17, 15) is 18.0 Å². The molecule has 144 valence electrons. The number of nitrogens with zero attached hydrogens (tertiary/aromatic N) is 2. The van der Waals surface area contributed by atoms with Crippen molar-refractivity contribution in [2.24, 2.45) is 0 Å². The molecule has 1 saturated heterocycles. The predicted octanol–water partition coefficient (Wildman–Crippen LogP) is 4.24. The SMILES string of the molecule is CN1CCN(C(=O)CSc2cc(-c3ccccc3)cc(C(F)(F)F)c2)CC1. The zero-order valence-corrected chi connectivity index (χ0v) is 15.8. The highest BCUT2D eigenvalue weighted by molar-refractivity contribution is 8.00. The second kappa shape index (κ2) is 8.35. The summed E-state index contributed by atoms with van der Waals surface area (Å²) in [7, 11) is 2.00. The Bertz CT molecular complexity index is 788. The Balaban J connectivity index is 1.77. The largest absolute Gasteiger partial charge is 0.416 e. The minimum absolute atomic E-state index is 0.0354. The maximum Gasteiger partial charge on any atom is 0.416 e. The van der Waals surface area contributed by atoms with Crippen molar-refractivity contribution >= 4 is 17.7 Å². The van der Waals surface area contributed by atoms with Crippen LogP contribution < -0.4 is 0 Å². The minimum Gasteiger partial charge on any atom is -0.339 e. The van der Waals surface area contributed by atoms with Gasteiger partial charge in [0.15, 0.2) is 0 Å². The van der Waals surface area contributed by atoms with Crippen molar-refractivity contribution in [3.05, 3.63) is 54.1 Å². The quantitative estimate of drug-likeness (QED) is 0.725. The van der Waals surface area contributed by atoms with Gasteiger partial charge >= 0.3 is 6.18 Å². The predicted molar refractivity (Wildman–Crippen MR) is 102 cm³/mol. The molecule has 0 saturated carbocycles. The lowest BCUT2D eigenvalue weighted by Crippen LogP contribution is -2.47. The van der Waals surface area contributed by atoms with Crippen molar-refractivity contribution in [2.45, 2.75) is 11.1 Å². The molecule has 3 nitrogen and oxygen atoms in total. The average molecular weight is 394 g/mol. The summed E-state index contributed by atoms with van der Waals surface area (Å²) in [6.45, 7) is 2.96. The lowest BCUT2D eigenvalue weighted by atomic mass is 10.0. The molecule has 2 aromatic rings. The van der Waals surface area contributed by atoms with Crippen LogP contribution in [0.1, 0.15) is 5.56 Å². The number of piperazine rings is 1. The van der Waals surface area contributed by atoms with Crippen LogP contribution in [0.3, 0.4) is 0 Å². The third-order valence-corrected chi connectivity index (χ3v) is 5.52. The highest BCUT2D eigenvalue weighted by Gasteiger charge is 2.31. The van der Waals surface area contributed by atoms with E-state index in [2.05, 4.69) is 4.90 Å². The van der Waals surface area contributed by atoms with Crippen molar-refractivity contribution in [2.75, 3.05) is 39.0 Å². The molecule has 2 aromatic carbocycles. The van der Waals surface area contributed by atoms with Crippen molar-refractivity contribution < 1.29 is 18.0 Å². The number of halogens is 3. The molecule has 27 heavy (non-hydrogen) atoms. The van der Waals surface area contributed by atoms with E-state index in [0.717, 1.165) is 42.5 Å². The van der Waals surface area contributed by atoms with Crippen molar-refractivity contribution in [3.8, 4) is 11.1 Å². The van der Waals surface area contributed by atoms with Crippen molar-refractivity contribution in [1.82, 2.24) is 9.80 Å². The van der Waals surface area contributed by atoms with Crippen LogP contribution in [0, 0.1) is 0 Å². The zero-order chi connectivity index (χ0) is 19.4. The number of hydrogen-bond donors (Lipinski definition) is 0. The molecule has 1 aliphatic heterocycles. The molecule has 1 amide bonds. The number of carbonyl (C=O) groups excluding carboxylic acids is 1. The standard InChI is InChI=1S/C20H21F3N2OS/c1-24-7-9-25(10-8-24)19(26)14-27-18-12-16(15-5-3-2-4-6-15)11-17(13-18)20(21,22)23/h2-6,11-13H,7-10,14H2,1H3. The summed E-state index contributed by atoms with van der Waals surface area (Å²) in [4.78, 5) is 16.8. The van der Waals surface area contributed by atoms with Crippen LogP contribution in [0.15, 0.2) is 53.4 Å². The summed E-state index contributed by atoms with van der Waals surface area (Å²) in [5.74, 6) is 0.103. The van der Waals surface area contributed by atoms with Crippen LogP contribution in [0.5, 0.6) is 0 Å². The van der Waals surface area contributed by atoms with Gasteiger partial charge in [-0.2, -0.15) is 13.2 Å². The average Bonchev–Trinajstić information content (AvgIpc) is 2.66. The van der Waals surface area contributed by atoms with E-state index in [1.165, 1.54) is 0 Å². The zero-order valence-electron chi connectivity index (χ0n) is 15.0. The Labute approximate surface area is 161 Å². The lowest BCUT2D eigenvalue weighted by Gasteiger charge is -2.32. The van der Waals surface area contributed by atoms with E-state index in [1.54, 1.807) is 35.2 Å². The monoisotopic (exact) mass is 394 g/mol. The van der Waals surface area contributed by atoms with Gasteiger partial charge in [-0.3, -0.25) is 4.79 Å². The molecule has 7 heteroatoms. The molecular formula is C20H21F3N2OS. The first-order valence-electron chi connectivity index (χ1n) is 8.70. The fraction of sp³-hybridized carbons (Fsp3) is 0.350. The third kappa shape index (κ3) is 5.26. The Morgan fingerprint density at radius 1 is 1.00 bits per heavy atom. The molecule has 0 aromatic heterocycles. The molecule has 0 spiro atoms. The maximum atomic E-state index is 13.3. The molecule has 1 heterocycles. The molecule has 0 bridgehead atoms. The summed E-state index contributed by atoms with van der Waals surface area (Å²) in [6.07, 6.45) is -4.43. The first-order valence-corrected chi connectivity index (χ1v) is 9.68. The van der Waals surface area contributed by atoms with Crippen LogP contribution in [-0.4, -0.2) is 54.7 Å². The van der Waals surface area contributed by atoms with Gasteiger partial charge in [-0.15, -0.1) is 11.8 Å². The van der Waals surface area contributed by atoms with Crippen molar-refractivity contribution in [1.29, 1.82) is 0 Å². The molecular weight excluding hydrogens is 373 g/mol. The maximum absolute atomic E-state index is 13.3. The van der Waals surface area contributed by atoms with Gasteiger partial charge in [0.05, 0.1) is 11.3 Å². The first-order chi connectivity index (χ1) is 12.8.